The minimum Gasteiger partial charge on any atom is -0.466 e. The predicted octanol–water partition coefficient (Wildman–Crippen LogP) is 3.51. The number of esters is 1. The molecule has 0 saturated heterocycles. The summed E-state index contributed by atoms with van der Waals surface area (Å²) in [6, 6.07) is 8.40. The second kappa shape index (κ2) is 9.25. The monoisotopic (exact) mass is 412 g/mol. The fourth-order valence-electron chi connectivity index (χ4n) is 2.73. The zero-order chi connectivity index (χ0) is 21.7. The molecule has 30 heavy (non-hydrogen) atoms. The highest BCUT2D eigenvalue weighted by molar-refractivity contribution is 5.89. The average Bonchev–Trinajstić information content (AvgIpc) is 3.30. The average molecular weight is 412 g/mol. The lowest BCUT2D eigenvalue weighted by Crippen LogP contribution is -2.39. The van der Waals surface area contributed by atoms with Crippen LogP contribution in [-0.2, 0) is 17.9 Å². The molecule has 2 aromatic heterocycles. The summed E-state index contributed by atoms with van der Waals surface area (Å²) in [6.45, 7) is 7.62. The van der Waals surface area contributed by atoms with Crippen molar-refractivity contribution in [3.05, 3.63) is 58.9 Å². The predicted molar refractivity (Wildman–Crippen MR) is 108 cm³/mol. The molecule has 2 N–H and O–H groups in total. The number of ether oxygens (including phenoxy) is 1. The molecule has 3 rings (SSSR count). The molecule has 0 spiro atoms. The van der Waals surface area contributed by atoms with Gasteiger partial charge in [0.15, 0.2) is 6.61 Å². The first kappa shape index (κ1) is 21.1. The number of amides is 2. The standard InChI is InChI=1S/C21H24N4O5/c1-12(2)23-21(27)22-10-15-5-7-16(8-6-15)20(26)28-11-18-24-25-19(30-18)17-9-13(3)29-14(17)4/h5-9,12H,10-11H2,1-4H3,(H2,22,23,27). The van der Waals surface area contributed by atoms with E-state index in [2.05, 4.69) is 20.8 Å². The zero-order valence-electron chi connectivity index (χ0n) is 17.3. The van der Waals surface area contributed by atoms with Gasteiger partial charge in [-0.2, -0.15) is 0 Å². The lowest BCUT2D eigenvalue weighted by Gasteiger charge is -2.10. The molecule has 0 saturated carbocycles. The molecule has 9 nitrogen and oxygen atoms in total. The van der Waals surface area contributed by atoms with Crippen molar-refractivity contribution in [3.8, 4) is 11.5 Å². The Balaban J connectivity index is 1.52. The third-order valence-electron chi connectivity index (χ3n) is 4.13. The Bertz CT molecular complexity index is 1020. The van der Waals surface area contributed by atoms with Gasteiger partial charge in [-0.3, -0.25) is 0 Å². The number of nitrogens with one attached hydrogen (secondary N) is 2. The van der Waals surface area contributed by atoms with Crippen LogP contribution in [0.25, 0.3) is 11.5 Å². The number of rotatable bonds is 7. The molecule has 1 aromatic carbocycles. The van der Waals surface area contributed by atoms with Crippen LogP contribution in [0.4, 0.5) is 4.79 Å². The Kier molecular flexibility index (Phi) is 6.51. The first-order chi connectivity index (χ1) is 14.3. The van der Waals surface area contributed by atoms with Crippen LogP contribution >= 0.6 is 0 Å². The molecule has 2 amide bonds. The Morgan fingerprint density at radius 1 is 1.10 bits per heavy atom. The lowest BCUT2D eigenvalue weighted by molar-refractivity contribution is 0.0438. The summed E-state index contributed by atoms with van der Waals surface area (Å²) < 4.78 is 16.2. The highest BCUT2D eigenvalue weighted by Crippen LogP contribution is 2.25. The van der Waals surface area contributed by atoms with Gasteiger partial charge in [0.25, 0.3) is 11.8 Å². The van der Waals surface area contributed by atoms with Crippen LogP contribution in [0.15, 0.2) is 39.2 Å². The van der Waals surface area contributed by atoms with Gasteiger partial charge in [0, 0.05) is 12.6 Å². The quantitative estimate of drug-likeness (QED) is 0.570. The van der Waals surface area contributed by atoms with E-state index in [0.717, 1.165) is 11.3 Å². The van der Waals surface area contributed by atoms with E-state index < -0.39 is 5.97 Å². The Labute approximate surface area is 173 Å². The fourth-order valence-corrected chi connectivity index (χ4v) is 2.73. The van der Waals surface area contributed by atoms with Crippen LogP contribution in [0.5, 0.6) is 0 Å². The molecule has 9 heteroatoms. The Morgan fingerprint density at radius 2 is 1.83 bits per heavy atom. The van der Waals surface area contributed by atoms with E-state index in [1.54, 1.807) is 24.3 Å². The van der Waals surface area contributed by atoms with Crippen molar-refractivity contribution in [3.63, 3.8) is 0 Å². The number of furan rings is 1. The van der Waals surface area contributed by atoms with Gasteiger partial charge in [0.1, 0.15) is 11.5 Å². The molecule has 0 radical (unpaired) electrons. The molecule has 0 aliphatic rings. The molecular weight excluding hydrogens is 388 g/mol. The second-order valence-electron chi connectivity index (χ2n) is 7.08. The second-order valence-corrected chi connectivity index (χ2v) is 7.08. The summed E-state index contributed by atoms with van der Waals surface area (Å²) in [7, 11) is 0. The topological polar surface area (TPSA) is 119 Å². The van der Waals surface area contributed by atoms with Crippen LogP contribution in [0, 0.1) is 13.8 Å². The molecule has 0 unspecified atom stereocenters. The Hall–Kier alpha value is -3.62. The highest BCUT2D eigenvalue weighted by atomic mass is 16.5. The SMILES string of the molecule is Cc1cc(-c2nnc(COC(=O)c3ccc(CNC(=O)NC(C)C)cc3)o2)c(C)o1. The minimum absolute atomic E-state index is 0.0601. The zero-order valence-corrected chi connectivity index (χ0v) is 17.3. The number of urea groups is 1. The third kappa shape index (κ3) is 5.47. The van der Waals surface area contributed by atoms with Crippen molar-refractivity contribution in [2.75, 3.05) is 0 Å². The van der Waals surface area contributed by atoms with Gasteiger partial charge in [-0.05, 0) is 51.5 Å². The highest BCUT2D eigenvalue weighted by Gasteiger charge is 2.16. The third-order valence-corrected chi connectivity index (χ3v) is 4.13. The van der Waals surface area contributed by atoms with Gasteiger partial charge in [-0.1, -0.05) is 12.1 Å². The fraction of sp³-hybridized carbons (Fsp3) is 0.333. The first-order valence-electron chi connectivity index (χ1n) is 9.52. The van der Waals surface area contributed by atoms with Crippen molar-refractivity contribution >= 4 is 12.0 Å². The maximum atomic E-state index is 12.2. The normalized spacial score (nSPS) is 10.8. The van der Waals surface area contributed by atoms with Gasteiger partial charge >= 0.3 is 12.0 Å². The van der Waals surface area contributed by atoms with E-state index in [1.165, 1.54) is 0 Å². The Morgan fingerprint density at radius 3 is 2.47 bits per heavy atom. The molecule has 0 aliphatic heterocycles. The summed E-state index contributed by atoms with van der Waals surface area (Å²) in [5.41, 5.74) is 1.95. The minimum atomic E-state index is -0.512. The van der Waals surface area contributed by atoms with Crippen molar-refractivity contribution in [2.24, 2.45) is 0 Å². The first-order valence-corrected chi connectivity index (χ1v) is 9.52. The molecular formula is C21H24N4O5. The summed E-state index contributed by atoms with van der Waals surface area (Å²) in [5.74, 6) is 1.41. The number of nitrogens with zero attached hydrogens (tertiary/aromatic N) is 2. The van der Waals surface area contributed by atoms with E-state index in [-0.39, 0.29) is 24.6 Å². The number of aryl methyl sites for hydroxylation is 2. The number of carbonyl (C=O) groups is 2. The molecule has 3 aromatic rings. The lowest BCUT2D eigenvalue weighted by atomic mass is 10.1. The molecule has 158 valence electrons. The number of benzene rings is 1. The van der Waals surface area contributed by atoms with Crippen LogP contribution in [0.2, 0.25) is 0 Å². The largest absolute Gasteiger partial charge is 0.466 e. The smallest absolute Gasteiger partial charge is 0.338 e. The number of carbonyl (C=O) groups excluding carboxylic acids is 2. The van der Waals surface area contributed by atoms with E-state index in [9.17, 15) is 9.59 Å². The number of aromatic nitrogens is 2. The van der Waals surface area contributed by atoms with Crippen LogP contribution < -0.4 is 10.6 Å². The van der Waals surface area contributed by atoms with Crippen molar-refractivity contribution in [1.29, 1.82) is 0 Å². The van der Waals surface area contributed by atoms with Crippen molar-refractivity contribution in [1.82, 2.24) is 20.8 Å². The van der Waals surface area contributed by atoms with E-state index in [4.69, 9.17) is 13.6 Å². The van der Waals surface area contributed by atoms with Gasteiger partial charge in [0.2, 0.25) is 0 Å². The molecule has 0 bridgehead atoms. The molecule has 0 atom stereocenters. The maximum absolute atomic E-state index is 12.2. The number of hydrogen-bond donors (Lipinski definition) is 2. The molecule has 0 fully saturated rings. The van der Waals surface area contributed by atoms with Crippen LogP contribution in [0.3, 0.4) is 0 Å². The van der Waals surface area contributed by atoms with Gasteiger partial charge in [-0.15, -0.1) is 10.2 Å². The van der Waals surface area contributed by atoms with E-state index in [0.29, 0.717) is 29.3 Å². The maximum Gasteiger partial charge on any atom is 0.338 e. The van der Waals surface area contributed by atoms with E-state index in [1.807, 2.05) is 33.8 Å². The van der Waals surface area contributed by atoms with Crippen LogP contribution in [0.1, 0.15) is 47.2 Å². The van der Waals surface area contributed by atoms with Crippen LogP contribution in [-0.4, -0.2) is 28.2 Å². The number of hydrogen-bond acceptors (Lipinski definition) is 7. The summed E-state index contributed by atoms with van der Waals surface area (Å²) in [4.78, 5) is 23.9. The van der Waals surface area contributed by atoms with Gasteiger partial charge in [-0.25, -0.2) is 9.59 Å². The molecule has 0 aliphatic carbocycles. The van der Waals surface area contributed by atoms with Gasteiger partial charge in [0.05, 0.1) is 11.1 Å². The summed E-state index contributed by atoms with van der Waals surface area (Å²) in [6.07, 6.45) is 0. The van der Waals surface area contributed by atoms with E-state index >= 15 is 0 Å². The molecule has 2 heterocycles. The van der Waals surface area contributed by atoms with Crippen molar-refractivity contribution < 1.29 is 23.2 Å². The van der Waals surface area contributed by atoms with Crippen molar-refractivity contribution in [2.45, 2.75) is 46.9 Å². The summed E-state index contributed by atoms with van der Waals surface area (Å²) >= 11 is 0. The van der Waals surface area contributed by atoms with Gasteiger partial charge < -0.3 is 24.2 Å². The summed E-state index contributed by atoms with van der Waals surface area (Å²) in [5, 5.41) is 13.4.